The van der Waals surface area contributed by atoms with Crippen LogP contribution in [0.4, 0.5) is 0 Å². The molecular formula is C28H42N4OS. The van der Waals surface area contributed by atoms with E-state index in [2.05, 4.69) is 78.5 Å². The number of amides is 1. The fraction of sp³-hybridized carbons (Fsp3) is 0.679. The minimum atomic E-state index is -0.175. The first kappa shape index (κ1) is 25.3. The van der Waals surface area contributed by atoms with Gasteiger partial charge in [-0.2, -0.15) is 0 Å². The standard InChI is InChI=1S/C28H42N4OS/c1-19-11-10-12-20(2)31(19)26(33)21(3)34-27-30-29-25(32(27)24-13-8-7-9-14-24)22-15-17-23(18-16-22)28(4,5)6/h15-21,24H,7-14H2,1-6H3/t19-,20+,21-/m1/s1. The molecule has 5 nitrogen and oxygen atoms in total. The van der Waals surface area contributed by atoms with Crippen LogP contribution in [-0.4, -0.2) is 42.9 Å². The van der Waals surface area contributed by atoms with E-state index in [1.54, 1.807) is 11.8 Å². The van der Waals surface area contributed by atoms with Gasteiger partial charge < -0.3 is 4.90 Å². The van der Waals surface area contributed by atoms with Crippen LogP contribution in [0.3, 0.4) is 0 Å². The number of hydrogen-bond donors (Lipinski definition) is 0. The first-order valence-electron chi connectivity index (χ1n) is 13.2. The van der Waals surface area contributed by atoms with E-state index in [4.69, 9.17) is 0 Å². The molecule has 1 aromatic carbocycles. The van der Waals surface area contributed by atoms with Gasteiger partial charge in [-0.05, 0) is 63.9 Å². The van der Waals surface area contributed by atoms with Crippen molar-refractivity contribution in [1.29, 1.82) is 0 Å². The zero-order chi connectivity index (χ0) is 24.5. The van der Waals surface area contributed by atoms with Crippen LogP contribution in [0.1, 0.15) is 105 Å². The largest absolute Gasteiger partial charge is 0.336 e. The normalized spacial score (nSPS) is 23.2. The Kier molecular flexibility index (Phi) is 7.75. The second kappa shape index (κ2) is 10.4. The van der Waals surface area contributed by atoms with E-state index in [1.165, 1.54) is 31.2 Å². The van der Waals surface area contributed by atoms with Gasteiger partial charge in [0.15, 0.2) is 11.0 Å². The molecule has 2 aliphatic rings. The third-order valence-corrected chi connectivity index (χ3v) is 8.74. The van der Waals surface area contributed by atoms with Crippen LogP contribution in [0.15, 0.2) is 29.4 Å². The van der Waals surface area contributed by atoms with Crippen molar-refractivity contribution in [3.05, 3.63) is 29.8 Å². The van der Waals surface area contributed by atoms with Crippen LogP contribution in [0.2, 0.25) is 0 Å². The summed E-state index contributed by atoms with van der Waals surface area (Å²) < 4.78 is 2.35. The smallest absolute Gasteiger partial charge is 0.236 e. The highest BCUT2D eigenvalue weighted by atomic mass is 32.2. The Balaban J connectivity index is 1.62. The number of likely N-dealkylation sites (tertiary alicyclic amines) is 1. The molecule has 0 radical (unpaired) electrons. The molecule has 2 heterocycles. The summed E-state index contributed by atoms with van der Waals surface area (Å²) in [5, 5.41) is 10.0. The highest BCUT2D eigenvalue weighted by Gasteiger charge is 2.33. The predicted octanol–water partition coefficient (Wildman–Crippen LogP) is 7.02. The molecular weight excluding hydrogens is 440 g/mol. The molecule has 0 bridgehead atoms. The zero-order valence-electron chi connectivity index (χ0n) is 21.9. The van der Waals surface area contributed by atoms with Gasteiger partial charge >= 0.3 is 0 Å². The van der Waals surface area contributed by atoms with Gasteiger partial charge in [-0.1, -0.05) is 76.1 Å². The number of thioether (sulfide) groups is 1. The maximum absolute atomic E-state index is 13.5. The van der Waals surface area contributed by atoms with Crippen molar-refractivity contribution >= 4 is 17.7 Å². The Bertz CT molecular complexity index is 961. The molecule has 2 fully saturated rings. The molecule has 1 amide bonds. The Labute approximate surface area is 210 Å². The van der Waals surface area contributed by atoms with Crippen LogP contribution in [0, 0.1) is 0 Å². The molecule has 0 N–H and O–H groups in total. The van der Waals surface area contributed by atoms with E-state index >= 15 is 0 Å². The van der Waals surface area contributed by atoms with Crippen LogP contribution in [0.5, 0.6) is 0 Å². The van der Waals surface area contributed by atoms with E-state index in [1.807, 2.05) is 6.92 Å². The van der Waals surface area contributed by atoms with Crippen molar-refractivity contribution < 1.29 is 4.79 Å². The van der Waals surface area contributed by atoms with Crippen molar-refractivity contribution in [1.82, 2.24) is 19.7 Å². The summed E-state index contributed by atoms with van der Waals surface area (Å²) in [6, 6.07) is 9.83. The van der Waals surface area contributed by atoms with Crippen LogP contribution in [0.25, 0.3) is 11.4 Å². The third-order valence-electron chi connectivity index (χ3n) is 7.69. The average molecular weight is 483 g/mol. The fourth-order valence-corrected chi connectivity index (χ4v) is 6.59. The number of aromatic nitrogens is 3. The lowest BCUT2D eigenvalue weighted by Crippen LogP contribution is -2.50. The molecule has 186 valence electrons. The first-order valence-corrected chi connectivity index (χ1v) is 14.1. The summed E-state index contributed by atoms with van der Waals surface area (Å²) in [4.78, 5) is 15.6. The Morgan fingerprint density at radius 2 is 1.56 bits per heavy atom. The number of carbonyl (C=O) groups is 1. The maximum Gasteiger partial charge on any atom is 0.236 e. The van der Waals surface area contributed by atoms with Crippen LogP contribution < -0.4 is 0 Å². The van der Waals surface area contributed by atoms with Crippen molar-refractivity contribution in [2.75, 3.05) is 0 Å². The van der Waals surface area contributed by atoms with Crippen LogP contribution >= 0.6 is 11.8 Å². The molecule has 34 heavy (non-hydrogen) atoms. The van der Waals surface area contributed by atoms with Crippen molar-refractivity contribution in [3.63, 3.8) is 0 Å². The summed E-state index contributed by atoms with van der Waals surface area (Å²) in [6.45, 7) is 13.1. The Morgan fingerprint density at radius 1 is 0.941 bits per heavy atom. The summed E-state index contributed by atoms with van der Waals surface area (Å²) in [5.74, 6) is 1.17. The van der Waals surface area contributed by atoms with Gasteiger partial charge in [-0.25, -0.2) is 0 Å². The van der Waals surface area contributed by atoms with Gasteiger partial charge in [0.1, 0.15) is 0 Å². The van der Waals surface area contributed by atoms with Gasteiger partial charge in [0.05, 0.1) is 5.25 Å². The molecule has 0 spiro atoms. The lowest BCUT2D eigenvalue weighted by molar-refractivity contribution is -0.136. The van der Waals surface area contributed by atoms with E-state index in [9.17, 15) is 4.79 Å². The van der Waals surface area contributed by atoms with Gasteiger partial charge in [-0.3, -0.25) is 9.36 Å². The van der Waals surface area contributed by atoms with Crippen molar-refractivity contribution in [3.8, 4) is 11.4 Å². The number of benzene rings is 1. The van der Waals surface area contributed by atoms with E-state index in [0.717, 1.165) is 42.2 Å². The lowest BCUT2D eigenvalue weighted by atomic mass is 9.86. The minimum absolute atomic E-state index is 0.120. The molecule has 1 saturated carbocycles. The fourth-order valence-electron chi connectivity index (χ4n) is 5.62. The minimum Gasteiger partial charge on any atom is -0.336 e. The Morgan fingerprint density at radius 3 is 2.15 bits per heavy atom. The summed E-state index contributed by atoms with van der Waals surface area (Å²) in [5.41, 5.74) is 2.54. The number of nitrogens with zero attached hydrogens (tertiary/aromatic N) is 4. The SMILES string of the molecule is C[C@@H]1CCC[C@H](C)N1C(=O)[C@@H](C)Sc1nnc(-c2ccc(C(C)(C)C)cc2)n1C1CCCCC1. The van der Waals surface area contributed by atoms with Gasteiger partial charge in [-0.15, -0.1) is 10.2 Å². The summed E-state index contributed by atoms with van der Waals surface area (Å²) in [7, 11) is 0. The Hall–Kier alpha value is -1.82. The number of carbonyl (C=O) groups excluding carboxylic acids is 1. The second-order valence-corrected chi connectivity index (χ2v) is 12.7. The van der Waals surface area contributed by atoms with Gasteiger partial charge in [0.2, 0.25) is 5.91 Å². The van der Waals surface area contributed by atoms with Crippen LogP contribution in [-0.2, 0) is 10.2 Å². The van der Waals surface area contributed by atoms with Crippen molar-refractivity contribution in [2.45, 2.75) is 127 Å². The third kappa shape index (κ3) is 5.37. The number of piperidine rings is 1. The summed E-state index contributed by atoms with van der Waals surface area (Å²) >= 11 is 1.59. The van der Waals surface area contributed by atoms with Crippen molar-refractivity contribution in [2.24, 2.45) is 0 Å². The quantitative estimate of drug-likeness (QED) is 0.430. The summed E-state index contributed by atoms with van der Waals surface area (Å²) in [6.07, 6.45) is 9.50. The highest BCUT2D eigenvalue weighted by molar-refractivity contribution is 8.00. The molecule has 1 aromatic heterocycles. The molecule has 1 aliphatic carbocycles. The molecule has 1 aliphatic heterocycles. The predicted molar refractivity (Wildman–Crippen MR) is 141 cm³/mol. The van der Waals surface area contributed by atoms with E-state index in [-0.39, 0.29) is 16.6 Å². The molecule has 3 atom stereocenters. The molecule has 4 rings (SSSR count). The molecule has 2 aromatic rings. The molecule has 0 unspecified atom stereocenters. The van der Waals surface area contributed by atoms with Gasteiger partial charge in [0.25, 0.3) is 0 Å². The van der Waals surface area contributed by atoms with E-state index in [0.29, 0.717) is 18.1 Å². The number of rotatable bonds is 5. The zero-order valence-corrected chi connectivity index (χ0v) is 22.7. The molecule has 6 heteroatoms. The number of hydrogen-bond acceptors (Lipinski definition) is 4. The van der Waals surface area contributed by atoms with E-state index < -0.39 is 0 Å². The highest BCUT2D eigenvalue weighted by Crippen LogP contribution is 2.38. The topological polar surface area (TPSA) is 51.0 Å². The van der Waals surface area contributed by atoms with Gasteiger partial charge in [0, 0.05) is 23.7 Å². The lowest BCUT2D eigenvalue weighted by Gasteiger charge is -2.40. The monoisotopic (exact) mass is 482 g/mol. The molecule has 1 saturated heterocycles. The first-order chi connectivity index (χ1) is 16.2. The maximum atomic E-state index is 13.5. The second-order valence-electron chi connectivity index (χ2n) is 11.4. The average Bonchev–Trinajstić information content (AvgIpc) is 3.22.